The molecule has 0 fully saturated rings. The highest BCUT2D eigenvalue weighted by molar-refractivity contribution is 9.10. The molecule has 0 aliphatic carbocycles. The molecule has 0 saturated heterocycles. The highest BCUT2D eigenvalue weighted by Gasteiger charge is 2.33. The molecule has 1 heterocycles. The van der Waals surface area contributed by atoms with Crippen LogP contribution in [0.1, 0.15) is 11.3 Å². The smallest absolute Gasteiger partial charge is 0.433 e. The van der Waals surface area contributed by atoms with Crippen LogP contribution in [0.4, 0.5) is 13.2 Å². The minimum absolute atomic E-state index is 0.0651. The third-order valence-corrected chi connectivity index (χ3v) is 4.22. The average Bonchev–Trinajstić information content (AvgIpc) is 2.49. The van der Waals surface area contributed by atoms with E-state index in [0.29, 0.717) is 20.6 Å². The van der Waals surface area contributed by atoms with Crippen LogP contribution in [0, 0.1) is 6.92 Å². The number of hydrogen-bond acceptors (Lipinski definition) is 2. The van der Waals surface area contributed by atoms with Crippen molar-refractivity contribution in [3.63, 3.8) is 0 Å². The van der Waals surface area contributed by atoms with Crippen molar-refractivity contribution in [2.24, 2.45) is 0 Å². The van der Waals surface area contributed by atoms with Crippen molar-refractivity contribution in [1.29, 1.82) is 0 Å². The van der Waals surface area contributed by atoms with Crippen LogP contribution in [0.2, 0.25) is 5.02 Å². The summed E-state index contributed by atoms with van der Waals surface area (Å²) in [6.45, 7) is 1.87. The van der Waals surface area contributed by atoms with E-state index in [1.165, 1.54) is 6.07 Å². The average molecular weight is 417 g/mol. The number of fused-ring (bicyclic) bond motifs is 1. The zero-order valence-corrected chi connectivity index (χ0v) is 14.6. The Balaban J connectivity index is 2.20. The maximum absolute atomic E-state index is 13.1. The van der Waals surface area contributed by atoms with E-state index < -0.39 is 11.9 Å². The lowest BCUT2D eigenvalue weighted by atomic mass is 10.1. The quantitative estimate of drug-likeness (QED) is 0.460. The maximum Gasteiger partial charge on any atom is 0.433 e. The largest absolute Gasteiger partial charge is 0.455 e. The first-order valence-corrected chi connectivity index (χ1v) is 8.02. The van der Waals surface area contributed by atoms with Gasteiger partial charge in [0.25, 0.3) is 0 Å². The standard InChI is InChI=1S/C17H10BrClF3NO/c1-9-2-5-12(18)15(6-9)24-14-8-16(17(20,21)22)23-13-7-10(19)3-4-11(13)14/h2-8H,1H3. The van der Waals surface area contributed by atoms with Crippen molar-refractivity contribution >= 4 is 38.4 Å². The first-order valence-electron chi connectivity index (χ1n) is 6.85. The molecule has 124 valence electrons. The van der Waals surface area contributed by atoms with Gasteiger partial charge in [0.2, 0.25) is 0 Å². The van der Waals surface area contributed by atoms with Gasteiger partial charge in [0.1, 0.15) is 17.2 Å². The molecule has 0 radical (unpaired) electrons. The molecule has 2 aromatic carbocycles. The van der Waals surface area contributed by atoms with E-state index in [-0.39, 0.29) is 11.3 Å². The SMILES string of the molecule is Cc1ccc(Br)c(Oc2cc(C(F)(F)F)nc3cc(Cl)ccc23)c1. The summed E-state index contributed by atoms with van der Waals surface area (Å²) in [5.74, 6) is 0.487. The first-order chi connectivity index (χ1) is 11.2. The number of pyridine rings is 1. The molecule has 0 saturated carbocycles. The summed E-state index contributed by atoms with van der Waals surface area (Å²) in [4.78, 5) is 3.65. The number of hydrogen-bond donors (Lipinski definition) is 0. The zero-order chi connectivity index (χ0) is 17.5. The third kappa shape index (κ3) is 3.49. The van der Waals surface area contributed by atoms with Crippen molar-refractivity contribution in [3.8, 4) is 11.5 Å². The van der Waals surface area contributed by atoms with Crippen molar-refractivity contribution in [2.75, 3.05) is 0 Å². The van der Waals surface area contributed by atoms with Gasteiger partial charge in [-0.15, -0.1) is 0 Å². The van der Waals surface area contributed by atoms with Gasteiger partial charge in [0, 0.05) is 16.5 Å². The summed E-state index contributed by atoms with van der Waals surface area (Å²) >= 11 is 9.21. The molecule has 3 rings (SSSR count). The fourth-order valence-corrected chi connectivity index (χ4v) is 2.70. The van der Waals surface area contributed by atoms with Gasteiger partial charge in [-0.05, 0) is 58.7 Å². The summed E-state index contributed by atoms with van der Waals surface area (Å²) < 4.78 is 45.7. The predicted molar refractivity (Wildman–Crippen MR) is 90.7 cm³/mol. The van der Waals surface area contributed by atoms with Gasteiger partial charge in [-0.1, -0.05) is 17.7 Å². The van der Waals surface area contributed by atoms with Crippen LogP contribution < -0.4 is 4.74 Å². The summed E-state index contributed by atoms with van der Waals surface area (Å²) in [7, 11) is 0. The Bertz CT molecular complexity index is 928. The summed E-state index contributed by atoms with van der Waals surface area (Å²) in [6.07, 6.45) is -4.58. The molecule has 0 aliphatic rings. The molecule has 0 N–H and O–H groups in total. The van der Waals surface area contributed by atoms with E-state index in [2.05, 4.69) is 20.9 Å². The monoisotopic (exact) mass is 415 g/mol. The van der Waals surface area contributed by atoms with Crippen molar-refractivity contribution in [2.45, 2.75) is 13.1 Å². The molecule has 3 aromatic rings. The highest BCUT2D eigenvalue weighted by atomic mass is 79.9. The summed E-state index contributed by atoms with van der Waals surface area (Å²) in [5.41, 5.74) is 0.0118. The van der Waals surface area contributed by atoms with Gasteiger partial charge in [-0.25, -0.2) is 4.98 Å². The van der Waals surface area contributed by atoms with Crippen LogP contribution in [0.3, 0.4) is 0 Å². The summed E-state index contributed by atoms with van der Waals surface area (Å²) in [6, 6.07) is 10.8. The second-order valence-electron chi connectivity index (χ2n) is 5.20. The normalized spacial score (nSPS) is 11.8. The topological polar surface area (TPSA) is 22.1 Å². The lowest BCUT2D eigenvalue weighted by molar-refractivity contribution is -0.141. The number of nitrogens with zero attached hydrogens (tertiary/aromatic N) is 1. The number of rotatable bonds is 2. The Morgan fingerprint density at radius 1 is 1.04 bits per heavy atom. The van der Waals surface area contributed by atoms with Crippen LogP contribution in [-0.2, 0) is 6.18 Å². The predicted octanol–water partition coefficient (Wildman–Crippen LogP) is 6.77. The Labute approximate surface area is 149 Å². The number of aryl methyl sites for hydroxylation is 1. The number of benzene rings is 2. The fraction of sp³-hybridized carbons (Fsp3) is 0.118. The Kier molecular flexibility index (Phi) is 4.44. The van der Waals surface area contributed by atoms with E-state index >= 15 is 0 Å². The van der Waals surface area contributed by atoms with E-state index in [1.54, 1.807) is 24.3 Å². The molecule has 0 unspecified atom stereocenters. The van der Waals surface area contributed by atoms with Gasteiger partial charge in [-0.3, -0.25) is 0 Å². The van der Waals surface area contributed by atoms with Gasteiger partial charge < -0.3 is 4.74 Å². The van der Waals surface area contributed by atoms with Crippen LogP contribution >= 0.6 is 27.5 Å². The number of aromatic nitrogens is 1. The maximum atomic E-state index is 13.1. The molecule has 1 aromatic heterocycles. The number of alkyl halides is 3. The van der Waals surface area contributed by atoms with Crippen molar-refractivity contribution < 1.29 is 17.9 Å². The molecule has 24 heavy (non-hydrogen) atoms. The molecule has 0 bridgehead atoms. The molecule has 0 atom stereocenters. The highest BCUT2D eigenvalue weighted by Crippen LogP contribution is 2.38. The van der Waals surface area contributed by atoms with Crippen LogP contribution in [0.15, 0.2) is 46.9 Å². The molecule has 0 aliphatic heterocycles. The molecular weight excluding hydrogens is 407 g/mol. The van der Waals surface area contributed by atoms with Gasteiger partial charge in [-0.2, -0.15) is 13.2 Å². The number of ether oxygens (including phenoxy) is 1. The van der Waals surface area contributed by atoms with Crippen LogP contribution in [0.5, 0.6) is 11.5 Å². The van der Waals surface area contributed by atoms with E-state index in [1.807, 2.05) is 13.0 Å². The first kappa shape index (κ1) is 17.0. The van der Waals surface area contributed by atoms with Gasteiger partial charge in [0.05, 0.1) is 9.99 Å². The minimum Gasteiger partial charge on any atom is -0.455 e. The Morgan fingerprint density at radius 3 is 2.50 bits per heavy atom. The van der Waals surface area contributed by atoms with Crippen molar-refractivity contribution in [3.05, 3.63) is 63.2 Å². The minimum atomic E-state index is -4.58. The van der Waals surface area contributed by atoms with Crippen molar-refractivity contribution in [1.82, 2.24) is 4.98 Å². The lowest BCUT2D eigenvalue weighted by Gasteiger charge is -2.14. The third-order valence-electron chi connectivity index (χ3n) is 3.33. The Morgan fingerprint density at radius 2 is 1.79 bits per heavy atom. The van der Waals surface area contributed by atoms with Gasteiger partial charge >= 0.3 is 6.18 Å². The van der Waals surface area contributed by atoms with Gasteiger partial charge in [0.15, 0.2) is 0 Å². The molecule has 7 heteroatoms. The second-order valence-corrected chi connectivity index (χ2v) is 6.49. The Hall–Kier alpha value is -1.79. The van der Waals surface area contributed by atoms with E-state index in [4.69, 9.17) is 16.3 Å². The zero-order valence-electron chi connectivity index (χ0n) is 12.3. The summed E-state index contributed by atoms with van der Waals surface area (Å²) in [5, 5.41) is 0.748. The van der Waals surface area contributed by atoms with Crippen LogP contribution in [-0.4, -0.2) is 4.98 Å². The molecule has 2 nitrogen and oxygen atoms in total. The fourth-order valence-electron chi connectivity index (χ4n) is 2.21. The van der Waals surface area contributed by atoms with E-state index in [9.17, 15) is 13.2 Å². The van der Waals surface area contributed by atoms with Crippen LogP contribution in [0.25, 0.3) is 10.9 Å². The number of halogens is 5. The molecule has 0 spiro atoms. The lowest BCUT2D eigenvalue weighted by Crippen LogP contribution is -2.08. The van der Waals surface area contributed by atoms with E-state index in [0.717, 1.165) is 11.6 Å². The molecule has 0 amide bonds. The second kappa shape index (κ2) is 6.26. The molecular formula is C17H10BrClF3NO.